The average Bonchev–Trinajstić information content (AvgIpc) is 3.34. The van der Waals surface area contributed by atoms with Gasteiger partial charge in [-0.2, -0.15) is 4.68 Å². The molecule has 0 aliphatic carbocycles. The zero-order valence-electron chi connectivity index (χ0n) is 14.0. The van der Waals surface area contributed by atoms with Crippen LogP contribution in [0, 0.1) is 0 Å². The summed E-state index contributed by atoms with van der Waals surface area (Å²) in [5, 5.41) is 17.0. The SMILES string of the molecule is O=C(Nc1ccc(N2CCNC2=O)cc1)c1cc(Cl)ccc1-n1cnnn1. The molecule has 3 amide bonds. The molecule has 1 aliphatic rings. The van der Waals surface area contributed by atoms with E-state index < -0.39 is 0 Å². The molecule has 4 rings (SSSR count). The summed E-state index contributed by atoms with van der Waals surface area (Å²) in [7, 11) is 0. The fourth-order valence-electron chi connectivity index (χ4n) is 2.80. The number of hydrogen-bond acceptors (Lipinski definition) is 5. The number of rotatable bonds is 4. The molecule has 0 atom stereocenters. The lowest BCUT2D eigenvalue weighted by atomic mass is 10.1. The first-order valence-corrected chi connectivity index (χ1v) is 8.49. The van der Waals surface area contributed by atoms with Gasteiger partial charge in [0.25, 0.3) is 5.91 Å². The third-order valence-corrected chi connectivity index (χ3v) is 4.33. The van der Waals surface area contributed by atoms with Crippen molar-refractivity contribution in [2.75, 3.05) is 23.3 Å². The molecule has 0 spiro atoms. The van der Waals surface area contributed by atoms with Crippen LogP contribution in [0.25, 0.3) is 5.69 Å². The maximum atomic E-state index is 12.7. The lowest BCUT2D eigenvalue weighted by Crippen LogP contribution is -2.27. The lowest BCUT2D eigenvalue weighted by molar-refractivity contribution is 0.102. The summed E-state index contributed by atoms with van der Waals surface area (Å²) in [6.07, 6.45) is 1.40. The van der Waals surface area contributed by atoms with Crippen molar-refractivity contribution in [3.63, 3.8) is 0 Å². The molecular weight excluding hydrogens is 370 g/mol. The van der Waals surface area contributed by atoms with Gasteiger partial charge in [0.1, 0.15) is 6.33 Å². The molecule has 1 aliphatic heterocycles. The van der Waals surface area contributed by atoms with Crippen LogP contribution in [-0.2, 0) is 0 Å². The Hall–Kier alpha value is -3.46. The second kappa shape index (κ2) is 7.04. The molecule has 1 aromatic heterocycles. The highest BCUT2D eigenvalue weighted by Gasteiger charge is 2.21. The summed E-state index contributed by atoms with van der Waals surface area (Å²) < 4.78 is 1.39. The highest BCUT2D eigenvalue weighted by Crippen LogP contribution is 2.22. The molecule has 2 aromatic carbocycles. The molecule has 0 unspecified atom stereocenters. The molecule has 0 bridgehead atoms. The number of urea groups is 1. The van der Waals surface area contributed by atoms with Crippen LogP contribution >= 0.6 is 11.6 Å². The van der Waals surface area contributed by atoms with E-state index in [1.807, 2.05) is 0 Å². The molecule has 0 saturated carbocycles. The molecule has 27 heavy (non-hydrogen) atoms. The van der Waals surface area contributed by atoms with Crippen LogP contribution in [0.15, 0.2) is 48.8 Å². The summed E-state index contributed by atoms with van der Waals surface area (Å²) in [5.41, 5.74) is 2.19. The first-order chi connectivity index (χ1) is 13.1. The Morgan fingerprint density at radius 2 is 2.00 bits per heavy atom. The van der Waals surface area contributed by atoms with Gasteiger partial charge in [-0.25, -0.2) is 4.79 Å². The van der Waals surface area contributed by atoms with E-state index in [4.69, 9.17) is 11.6 Å². The quantitative estimate of drug-likeness (QED) is 0.717. The molecule has 3 aromatic rings. The van der Waals surface area contributed by atoms with Crippen molar-refractivity contribution in [1.29, 1.82) is 0 Å². The number of amides is 3. The van der Waals surface area contributed by atoms with Crippen molar-refractivity contribution in [1.82, 2.24) is 25.5 Å². The maximum absolute atomic E-state index is 12.7. The normalized spacial score (nSPS) is 13.5. The van der Waals surface area contributed by atoms with E-state index in [0.29, 0.717) is 35.1 Å². The van der Waals surface area contributed by atoms with Gasteiger partial charge in [-0.15, -0.1) is 5.10 Å². The van der Waals surface area contributed by atoms with Crippen molar-refractivity contribution in [3.05, 3.63) is 59.4 Å². The third kappa shape index (κ3) is 3.44. The standard InChI is InChI=1S/C17H14ClN7O2/c18-11-1-6-15(25-10-20-22-23-25)14(9-11)16(26)21-12-2-4-13(5-3-12)24-8-7-19-17(24)27/h1-6,9-10H,7-8H2,(H,19,27)(H,21,26). The molecule has 10 heteroatoms. The first kappa shape index (κ1) is 17.0. The Balaban J connectivity index is 1.56. The number of halogens is 1. The Bertz CT molecular complexity index is 989. The van der Waals surface area contributed by atoms with Gasteiger partial charge in [-0.05, 0) is 52.9 Å². The van der Waals surface area contributed by atoms with Crippen LogP contribution in [0.3, 0.4) is 0 Å². The fourth-order valence-corrected chi connectivity index (χ4v) is 2.97. The van der Waals surface area contributed by atoms with Crippen molar-refractivity contribution in [3.8, 4) is 5.69 Å². The van der Waals surface area contributed by atoms with Crippen molar-refractivity contribution in [2.24, 2.45) is 0 Å². The van der Waals surface area contributed by atoms with Gasteiger partial charge in [-0.1, -0.05) is 11.6 Å². The minimum atomic E-state index is -0.352. The molecule has 1 saturated heterocycles. The van der Waals surface area contributed by atoms with E-state index in [2.05, 4.69) is 26.2 Å². The topological polar surface area (TPSA) is 105 Å². The van der Waals surface area contributed by atoms with E-state index in [9.17, 15) is 9.59 Å². The smallest absolute Gasteiger partial charge is 0.321 e. The first-order valence-electron chi connectivity index (χ1n) is 8.11. The molecular formula is C17H14ClN7O2. The summed E-state index contributed by atoms with van der Waals surface area (Å²) in [5.74, 6) is -0.352. The van der Waals surface area contributed by atoms with E-state index >= 15 is 0 Å². The number of hydrogen-bond donors (Lipinski definition) is 2. The Morgan fingerprint density at radius 3 is 2.67 bits per heavy atom. The molecule has 1 fully saturated rings. The van der Waals surface area contributed by atoms with E-state index in [-0.39, 0.29) is 11.9 Å². The van der Waals surface area contributed by atoms with Crippen LogP contribution < -0.4 is 15.5 Å². The second-order valence-electron chi connectivity index (χ2n) is 5.80. The molecule has 136 valence electrons. The van der Waals surface area contributed by atoms with Crippen molar-refractivity contribution >= 4 is 34.9 Å². The van der Waals surface area contributed by atoms with Gasteiger partial charge in [-0.3, -0.25) is 9.69 Å². The van der Waals surface area contributed by atoms with Gasteiger partial charge in [0.2, 0.25) is 0 Å². The molecule has 2 heterocycles. The Kier molecular flexibility index (Phi) is 4.43. The van der Waals surface area contributed by atoms with Crippen LogP contribution in [0.5, 0.6) is 0 Å². The lowest BCUT2D eigenvalue weighted by Gasteiger charge is -2.15. The zero-order valence-corrected chi connectivity index (χ0v) is 14.7. The van der Waals surface area contributed by atoms with Crippen LogP contribution in [0.2, 0.25) is 5.02 Å². The minimum absolute atomic E-state index is 0.128. The van der Waals surface area contributed by atoms with Crippen molar-refractivity contribution in [2.45, 2.75) is 0 Å². The van der Waals surface area contributed by atoms with E-state index in [1.165, 1.54) is 11.0 Å². The predicted octanol–water partition coefficient (Wildman–Crippen LogP) is 2.10. The number of carbonyl (C=O) groups excluding carboxylic acids is 2. The highest BCUT2D eigenvalue weighted by molar-refractivity contribution is 6.31. The summed E-state index contributed by atoms with van der Waals surface area (Å²) in [6, 6.07) is 11.8. The Labute approximate surface area is 158 Å². The Morgan fingerprint density at radius 1 is 1.19 bits per heavy atom. The molecule has 2 N–H and O–H groups in total. The zero-order chi connectivity index (χ0) is 18.8. The minimum Gasteiger partial charge on any atom is -0.336 e. The second-order valence-corrected chi connectivity index (χ2v) is 6.24. The van der Waals surface area contributed by atoms with Gasteiger partial charge < -0.3 is 10.6 Å². The predicted molar refractivity (Wildman–Crippen MR) is 99.3 cm³/mol. The number of nitrogens with one attached hydrogen (secondary N) is 2. The highest BCUT2D eigenvalue weighted by atomic mass is 35.5. The maximum Gasteiger partial charge on any atom is 0.321 e. The van der Waals surface area contributed by atoms with Gasteiger partial charge >= 0.3 is 6.03 Å². The number of benzene rings is 2. The van der Waals surface area contributed by atoms with Gasteiger partial charge in [0.05, 0.1) is 11.3 Å². The largest absolute Gasteiger partial charge is 0.336 e. The van der Waals surface area contributed by atoms with Crippen LogP contribution in [0.4, 0.5) is 16.2 Å². The fraction of sp³-hybridized carbons (Fsp3) is 0.118. The number of aromatic nitrogens is 4. The van der Waals surface area contributed by atoms with Gasteiger partial charge in [0, 0.05) is 29.5 Å². The van der Waals surface area contributed by atoms with Gasteiger partial charge in [0.15, 0.2) is 0 Å². The number of carbonyl (C=O) groups is 2. The number of anilines is 2. The third-order valence-electron chi connectivity index (χ3n) is 4.09. The van der Waals surface area contributed by atoms with Crippen LogP contribution in [0.1, 0.15) is 10.4 Å². The molecule has 9 nitrogen and oxygen atoms in total. The van der Waals surface area contributed by atoms with E-state index in [0.717, 1.165) is 5.69 Å². The monoisotopic (exact) mass is 383 g/mol. The van der Waals surface area contributed by atoms with E-state index in [1.54, 1.807) is 47.4 Å². The van der Waals surface area contributed by atoms with Crippen LogP contribution in [-0.4, -0.2) is 45.2 Å². The summed E-state index contributed by atoms with van der Waals surface area (Å²) in [6.45, 7) is 1.23. The average molecular weight is 384 g/mol. The summed E-state index contributed by atoms with van der Waals surface area (Å²) >= 11 is 6.05. The number of nitrogens with zero attached hydrogens (tertiary/aromatic N) is 5. The van der Waals surface area contributed by atoms with Crippen molar-refractivity contribution < 1.29 is 9.59 Å². The summed E-state index contributed by atoms with van der Waals surface area (Å²) in [4.78, 5) is 26.1. The molecule has 0 radical (unpaired) electrons. The number of tetrazole rings is 1.